The van der Waals surface area contributed by atoms with Crippen molar-refractivity contribution in [2.24, 2.45) is 11.8 Å². The van der Waals surface area contributed by atoms with Crippen molar-refractivity contribution in [2.45, 2.75) is 45.6 Å². The second-order valence-electron chi connectivity index (χ2n) is 6.00. The summed E-state index contributed by atoms with van der Waals surface area (Å²) in [5, 5.41) is 0. The van der Waals surface area contributed by atoms with Gasteiger partial charge in [0.25, 0.3) is 0 Å². The molecule has 0 atom stereocenters. The van der Waals surface area contributed by atoms with Crippen LogP contribution in [0.5, 0.6) is 0 Å². The van der Waals surface area contributed by atoms with Crippen LogP contribution in [0.4, 0.5) is 4.39 Å². The van der Waals surface area contributed by atoms with Gasteiger partial charge in [-0.15, -0.1) is 0 Å². The average Bonchev–Trinajstić information content (AvgIpc) is 2.76. The van der Waals surface area contributed by atoms with Crippen LogP contribution >= 0.6 is 12.2 Å². The van der Waals surface area contributed by atoms with Gasteiger partial charge in [0.15, 0.2) is 4.77 Å². The quantitative estimate of drug-likeness (QED) is 0.785. The summed E-state index contributed by atoms with van der Waals surface area (Å²) in [5.74, 6) is 1.38. The molecule has 1 aliphatic carbocycles. The van der Waals surface area contributed by atoms with Crippen LogP contribution in [0.15, 0.2) is 18.2 Å². The minimum atomic E-state index is -0.199. The largest absolute Gasteiger partial charge is 0.331 e. The molecule has 0 aliphatic heterocycles. The van der Waals surface area contributed by atoms with E-state index in [1.807, 2.05) is 0 Å². The Morgan fingerprint density at radius 3 is 2.65 bits per heavy atom. The number of benzene rings is 1. The van der Waals surface area contributed by atoms with Crippen molar-refractivity contribution >= 4 is 23.3 Å². The number of rotatable bonds is 3. The third kappa shape index (κ3) is 2.66. The zero-order valence-corrected chi connectivity index (χ0v) is 12.7. The van der Waals surface area contributed by atoms with Crippen LogP contribution in [0.2, 0.25) is 0 Å². The Kier molecular flexibility index (Phi) is 3.92. The Morgan fingerprint density at radius 2 is 1.95 bits per heavy atom. The van der Waals surface area contributed by atoms with Crippen LogP contribution < -0.4 is 0 Å². The number of H-pyrrole nitrogens is 1. The molecule has 0 bridgehead atoms. The summed E-state index contributed by atoms with van der Waals surface area (Å²) in [6, 6.07) is 4.83. The molecule has 1 fully saturated rings. The van der Waals surface area contributed by atoms with Crippen LogP contribution in [0.1, 0.15) is 39.0 Å². The zero-order valence-electron chi connectivity index (χ0n) is 11.9. The average molecular weight is 292 g/mol. The van der Waals surface area contributed by atoms with Gasteiger partial charge in [-0.25, -0.2) is 4.39 Å². The van der Waals surface area contributed by atoms with Crippen LogP contribution in [0, 0.1) is 22.4 Å². The van der Waals surface area contributed by atoms with E-state index in [4.69, 9.17) is 12.2 Å². The van der Waals surface area contributed by atoms with Crippen LogP contribution in [-0.4, -0.2) is 9.55 Å². The van der Waals surface area contributed by atoms with Crippen LogP contribution in [-0.2, 0) is 6.54 Å². The van der Waals surface area contributed by atoms with Gasteiger partial charge in [-0.2, -0.15) is 0 Å². The molecule has 1 aromatic carbocycles. The third-order valence-electron chi connectivity index (χ3n) is 4.72. The Morgan fingerprint density at radius 1 is 1.25 bits per heavy atom. The molecule has 0 spiro atoms. The normalized spacial score (nSPS) is 23.3. The highest BCUT2D eigenvalue weighted by Crippen LogP contribution is 2.32. The highest BCUT2D eigenvalue weighted by atomic mass is 32.1. The number of hydrogen-bond donors (Lipinski definition) is 1. The van der Waals surface area contributed by atoms with Crippen molar-refractivity contribution in [1.29, 1.82) is 0 Å². The van der Waals surface area contributed by atoms with Gasteiger partial charge in [-0.3, -0.25) is 0 Å². The van der Waals surface area contributed by atoms with Gasteiger partial charge in [0, 0.05) is 6.54 Å². The van der Waals surface area contributed by atoms with Crippen LogP contribution in [0.25, 0.3) is 11.0 Å². The topological polar surface area (TPSA) is 20.7 Å². The van der Waals surface area contributed by atoms with Gasteiger partial charge < -0.3 is 9.55 Å². The van der Waals surface area contributed by atoms with Gasteiger partial charge in [-0.05, 0) is 55.1 Å². The predicted molar refractivity (Wildman–Crippen MR) is 82.8 cm³/mol. The molecule has 108 valence electrons. The number of imidazole rings is 1. The fourth-order valence-electron chi connectivity index (χ4n) is 3.39. The first kappa shape index (κ1) is 13.8. The van der Waals surface area contributed by atoms with E-state index < -0.39 is 0 Å². The van der Waals surface area contributed by atoms with E-state index in [9.17, 15) is 4.39 Å². The number of halogens is 1. The van der Waals surface area contributed by atoms with Gasteiger partial charge in [0.1, 0.15) is 5.82 Å². The van der Waals surface area contributed by atoms with Crippen molar-refractivity contribution in [3.8, 4) is 0 Å². The molecule has 1 N–H and O–H groups in total. The maximum Gasteiger partial charge on any atom is 0.178 e. The lowest BCUT2D eigenvalue weighted by Crippen LogP contribution is -2.18. The Labute approximate surface area is 124 Å². The number of nitrogens with zero attached hydrogens (tertiary/aromatic N) is 1. The zero-order chi connectivity index (χ0) is 14.1. The number of hydrogen-bond acceptors (Lipinski definition) is 1. The lowest BCUT2D eigenvalue weighted by Gasteiger charge is -2.28. The second kappa shape index (κ2) is 5.68. The Hall–Kier alpha value is -1.16. The molecule has 1 aromatic heterocycles. The van der Waals surface area contributed by atoms with Crippen molar-refractivity contribution in [3.05, 3.63) is 28.8 Å². The summed E-state index contributed by atoms with van der Waals surface area (Å²) in [6.45, 7) is 3.20. The molecule has 1 heterocycles. The van der Waals surface area contributed by atoms with E-state index >= 15 is 0 Å². The summed E-state index contributed by atoms with van der Waals surface area (Å²) < 4.78 is 16.2. The van der Waals surface area contributed by atoms with E-state index in [1.165, 1.54) is 38.2 Å². The molecule has 0 amide bonds. The van der Waals surface area contributed by atoms with E-state index in [0.717, 1.165) is 23.5 Å². The smallest absolute Gasteiger partial charge is 0.178 e. The standard InChI is InChI=1S/C16H21FN2S/c1-2-11-3-5-12(6-4-11)10-19-15-9-13(17)7-8-14(15)18-16(19)20/h7-9,11-12H,2-6,10H2,1H3,(H,18,20). The molecule has 0 unspecified atom stereocenters. The fourth-order valence-corrected chi connectivity index (χ4v) is 3.67. The number of aromatic nitrogens is 2. The molecule has 20 heavy (non-hydrogen) atoms. The summed E-state index contributed by atoms with van der Waals surface area (Å²) in [6.07, 6.45) is 6.48. The number of aromatic amines is 1. The van der Waals surface area contributed by atoms with Gasteiger partial charge in [0.05, 0.1) is 11.0 Å². The maximum atomic E-state index is 13.4. The highest BCUT2D eigenvalue weighted by Gasteiger charge is 2.21. The molecule has 0 saturated heterocycles. The van der Waals surface area contributed by atoms with Crippen molar-refractivity contribution < 1.29 is 4.39 Å². The Balaban J connectivity index is 1.82. The predicted octanol–water partition coefficient (Wildman–Crippen LogP) is 5.05. The third-order valence-corrected chi connectivity index (χ3v) is 5.04. The van der Waals surface area contributed by atoms with E-state index in [2.05, 4.69) is 16.5 Å². The number of fused-ring (bicyclic) bond motifs is 1. The lowest BCUT2D eigenvalue weighted by molar-refractivity contribution is 0.248. The summed E-state index contributed by atoms with van der Waals surface area (Å²) >= 11 is 5.40. The molecule has 1 saturated carbocycles. The second-order valence-corrected chi connectivity index (χ2v) is 6.38. The van der Waals surface area contributed by atoms with Gasteiger partial charge in [0.2, 0.25) is 0 Å². The molecular weight excluding hydrogens is 271 g/mol. The Bertz CT molecular complexity index is 650. The highest BCUT2D eigenvalue weighted by molar-refractivity contribution is 7.71. The van der Waals surface area contributed by atoms with E-state index in [-0.39, 0.29) is 5.82 Å². The van der Waals surface area contributed by atoms with Crippen molar-refractivity contribution in [1.82, 2.24) is 9.55 Å². The van der Waals surface area contributed by atoms with Gasteiger partial charge in [-0.1, -0.05) is 26.2 Å². The molecule has 3 rings (SSSR count). The first-order valence-electron chi connectivity index (χ1n) is 7.55. The van der Waals surface area contributed by atoms with Crippen molar-refractivity contribution in [3.63, 3.8) is 0 Å². The summed E-state index contributed by atoms with van der Waals surface area (Å²) in [5.41, 5.74) is 1.83. The molecule has 1 aliphatic rings. The van der Waals surface area contributed by atoms with E-state index in [0.29, 0.717) is 10.7 Å². The number of nitrogens with one attached hydrogen (secondary N) is 1. The molecule has 0 radical (unpaired) electrons. The summed E-state index contributed by atoms with van der Waals surface area (Å²) in [7, 11) is 0. The monoisotopic (exact) mass is 292 g/mol. The first-order valence-corrected chi connectivity index (χ1v) is 7.96. The minimum Gasteiger partial charge on any atom is -0.331 e. The fraction of sp³-hybridized carbons (Fsp3) is 0.562. The SMILES string of the molecule is CCC1CCC(Cn2c(=S)[nH]c3ccc(F)cc32)CC1. The molecular formula is C16H21FN2S. The summed E-state index contributed by atoms with van der Waals surface area (Å²) in [4.78, 5) is 3.17. The minimum absolute atomic E-state index is 0.199. The molecule has 4 heteroatoms. The lowest BCUT2D eigenvalue weighted by atomic mass is 9.81. The first-order chi connectivity index (χ1) is 9.67. The van der Waals surface area contributed by atoms with Gasteiger partial charge >= 0.3 is 0 Å². The molecule has 2 aromatic rings. The van der Waals surface area contributed by atoms with Crippen molar-refractivity contribution in [2.75, 3.05) is 0 Å². The molecule has 2 nitrogen and oxygen atoms in total. The maximum absolute atomic E-state index is 13.4. The van der Waals surface area contributed by atoms with Crippen LogP contribution in [0.3, 0.4) is 0 Å². The van der Waals surface area contributed by atoms with E-state index in [1.54, 1.807) is 12.1 Å².